The first-order valence-electron chi connectivity index (χ1n) is 6.99. The van der Waals surface area contributed by atoms with Crippen LogP contribution in [0.5, 0.6) is 0 Å². The molecule has 0 bridgehead atoms. The Kier molecular flexibility index (Phi) is 4.80. The molecule has 1 aliphatic heterocycles. The molecule has 1 saturated carbocycles. The van der Waals surface area contributed by atoms with E-state index in [2.05, 4.69) is 10.2 Å². The topological polar surface area (TPSA) is 58.4 Å². The third-order valence-electron chi connectivity index (χ3n) is 4.19. The summed E-state index contributed by atoms with van der Waals surface area (Å²) in [7, 11) is 0. The summed E-state index contributed by atoms with van der Waals surface area (Å²) < 4.78 is 0. The normalized spacial score (nSPS) is 23.4. The van der Waals surface area contributed by atoms with Crippen LogP contribution in [0.2, 0.25) is 0 Å². The number of hydrogen-bond acceptors (Lipinski definition) is 3. The van der Waals surface area contributed by atoms with Gasteiger partial charge in [-0.1, -0.05) is 6.42 Å². The predicted molar refractivity (Wildman–Crippen MR) is 68.6 cm³/mol. The number of nitrogens with two attached hydrogens (primary N) is 1. The molecule has 2 rings (SSSR count). The van der Waals surface area contributed by atoms with Crippen molar-refractivity contribution in [2.24, 2.45) is 17.6 Å². The quantitative estimate of drug-likeness (QED) is 0.737. The summed E-state index contributed by atoms with van der Waals surface area (Å²) in [5.41, 5.74) is 5.54. The summed E-state index contributed by atoms with van der Waals surface area (Å²) in [6, 6.07) is 0. The molecular formula is C13H25N3O. The van der Waals surface area contributed by atoms with Crippen LogP contribution < -0.4 is 11.1 Å². The second-order valence-electron chi connectivity index (χ2n) is 5.45. The number of carbonyl (C=O) groups excluding carboxylic acids is 1. The number of carbonyl (C=O) groups is 1. The van der Waals surface area contributed by atoms with Crippen LogP contribution >= 0.6 is 0 Å². The maximum Gasteiger partial charge on any atom is 0.223 e. The van der Waals surface area contributed by atoms with Gasteiger partial charge < -0.3 is 16.0 Å². The van der Waals surface area contributed by atoms with Crippen LogP contribution in [0.4, 0.5) is 0 Å². The Hall–Kier alpha value is -0.610. The lowest BCUT2D eigenvalue weighted by atomic mass is 9.85. The highest BCUT2D eigenvalue weighted by atomic mass is 16.1. The zero-order valence-electron chi connectivity index (χ0n) is 10.7. The number of nitrogens with one attached hydrogen (secondary N) is 1. The number of rotatable bonds is 5. The first-order valence-corrected chi connectivity index (χ1v) is 6.99. The molecule has 4 heteroatoms. The van der Waals surface area contributed by atoms with Crippen LogP contribution in [0.25, 0.3) is 0 Å². The molecule has 4 nitrogen and oxygen atoms in total. The molecule has 98 valence electrons. The molecule has 0 radical (unpaired) electrons. The largest absolute Gasteiger partial charge is 0.356 e. The minimum atomic E-state index is 0.240. The molecule has 0 aromatic rings. The molecule has 3 N–H and O–H groups in total. The van der Waals surface area contributed by atoms with Gasteiger partial charge in [0.15, 0.2) is 0 Å². The summed E-state index contributed by atoms with van der Waals surface area (Å²) >= 11 is 0. The third-order valence-corrected chi connectivity index (χ3v) is 4.19. The molecule has 0 atom stereocenters. The molecule has 1 saturated heterocycles. The van der Waals surface area contributed by atoms with Crippen LogP contribution in [-0.4, -0.2) is 43.5 Å². The molecule has 1 aliphatic carbocycles. The number of hydrogen-bond donors (Lipinski definition) is 2. The fraction of sp³-hybridized carbons (Fsp3) is 0.923. The van der Waals surface area contributed by atoms with E-state index in [1.165, 1.54) is 19.3 Å². The average molecular weight is 239 g/mol. The van der Waals surface area contributed by atoms with Crippen molar-refractivity contribution in [2.75, 3.05) is 32.7 Å². The van der Waals surface area contributed by atoms with Gasteiger partial charge >= 0.3 is 0 Å². The molecule has 2 aliphatic rings. The Morgan fingerprint density at radius 1 is 1.24 bits per heavy atom. The summed E-state index contributed by atoms with van der Waals surface area (Å²) in [6.07, 6.45) is 5.94. The van der Waals surface area contributed by atoms with Gasteiger partial charge in [0, 0.05) is 25.6 Å². The van der Waals surface area contributed by atoms with Gasteiger partial charge in [-0.3, -0.25) is 4.79 Å². The van der Waals surface area contributed by atoms with Crippen molar-refractivity contribution in [1.82, 2.24) is 10.2 Å². The van der Waals surface area contributed by atoms with Crippen LogP contribution in [-0.2, 0) is 4.79 Å². The number of amides is 1. The molecule has 0 unspecified atom stereocenters. The van der Waals surface area contributed by atoms with E-state index in [1.54, 1.807) is 0 Å². The maximum atomic E-state index is 12.0. The number of nitrogens with zero attached hydrogens (tertiary/aromatic N) is 1. The Bertz CT molecular complexity index is 245. The van der Waals surface area contributed by atoms with Crippen molar-refractivity contribution in [3.8, 4) is 0 Å². The second kappa shape index (κ2) is 6.36. The van der Waals surface area contributed by atoms with Crippen LogP contribution in [0.3, 0.4) is 0 Å². The van der Waals surface area contributed by atoms with Gasteiger partial charge in [0.05, 0.1) is 0 Å². The first kappa shape index (κ1) is 12.8. The lowest BCUT2D eigenvalue weighted by Gasteiger charge is -2.32. The van der Waals surface area contributed by atoms with E-state index in [4.69, 9.17) is 5.73 Å². The van der Waals surface area contributed by atoms with Gasteiger partial charge in [-0.15, -0.1) is 0 Å². The zero-order chi connectivity index (χ0) is 12.1. The highest BCUT2D eigenvalue weighted by molar-refractivity contribution is 5.78. The SMILES string of the molecule is NCCN1CCC(C(=O)NCC2CCC2)CC1. The third kappa shape index (κ3) is 3.68. The Labute approximate surface area is 104 Å². The summed E-state index contributed by atoms with van der Waals surface area (Å²) in [6.45, 7) is 4.65. The van der Waals surface area contributed by atoms with E-state index in [-0.39, 0.29) is 11.8 Å². The highest BCUT2D eigenvalue weighted by Crippen LogP contribution is 2.25. The van der Waals surface area contributed by atoms with E-state index in [9.17, 15) is 4.79 Å². The summed E-state index contributed by atoms with van der Waals surface area (Å²) in [4.78, 5) is 14.3. The van der Waals surface area contributed by atoms with E-state index in [0.717, 1.165) is 51.5 Å². The van der Waals surface area contributed by atoms with Gasteiger partial charge in [-0.05, 0) is 44.7 Å². The van der Waals surface area contributed by atoms with Crippen molar-refractivity contribution < 1.29 is 4.79 Å². The highest BCUT2D eigenvalue weighted by Gasteiger charge is 2.25. The van der Waals surface area contributed by atoms with E-state index >= 15 is 0 Å². The van der Waals surface area contributed by atoms with Gasteiger partial charge in [-0.25, -0.2) is 0 Å². The molecule has 1 amide bonds. The number of piperidine rings is 1. The molecular weight excluding hydrogens is 214 g/mol. The Balaban J connectivity index is 1.63. The van der Waals surface area contributed by atoms with Crippen LogP contribution in [0, 0.1) is 11.8 Å². The molecule has 0 aromatic heterocycles. The maximum absolute atomic E-state index is 12.0. The Morgan fingerprint density at radius 3 is 2.47 bits per heavy atom. The minimum absolute atomic E-state index is 0.240. The van der Waals surface area contributed by atoms with Crippen LogP contribution in [0.15, 0.2) is 0 Å². The molecule has 1 heterocycles. The molecule has 2 fully saturated rings. The van der Waals surface area contributed by atoms with Gasteiger partial charge in [0.25, 0.3) is 0 Å². The minimum Gasteiger partial charge on any atom is -0.356 e. The summed E-state index contributed by atoms with van der Waals surface area (Å²) in [5, 5.41) is 3.12. The molecule has 0 spiro atoms. The first-order chi connectivity index (χ1) is 8.29. The molecule has 0 aromatic carbocycles. The zero-order valence-corrected chi connectivity index (χ0v) is 10.7. The standard InChI is InChI=1S/C13H25N3O/c14-6-9-16-7-4-12(5-8-16)13(17)15-10-11-2-1-3-11/h11-12H,1-10,14H2,(H,15,17). The van der Waals surface area contributed by atoms with Crippen molar-refractivity contribution >= 4 is 5.91 Å². The second-order valence-corrected chi connectivity index (χ2v) is 5.45. The summed E-state index contributed by atoms with van der Waals surface area (Å²) in [5.74, 6) is 1.28. The Morgan fingerprint density at radius 2 is 1.94 bits per heavy atom. The predicted octanol–water partition coefficient (Wildman–Crippen LogP) is 0.573. The monoisotopic (exact) mass is 239 g/mol. The van der Waals surface area contributed by atoms with Gasteiger partial charge in [-0.2, -0.15) is 0 Å². The van der Waals surface area contributed by atoms with Crippen molar-refractivity contribution in [3.05, 3.63) is 0 Å². The van der Waals surface area contributed by atoms with Crippen molar-refractivity contribution in [2.45, 2.75) is 32.1 Å². The fourth-order valence-electron chi connectivity index (χ4n) is 2.69. The lowest BCUT2D eigenvalue weighted by Crippen LogP contribution is -2.43. The van der Waals surface area contributed by atoms with Crippen molar-refractivity contribution in [1.29, 1.82) is 0 Å². The smallest absolute Gasteiger partial charge is 0.223 e. The van der Waals surface area contributed by atoms with E-state index in [1.807, 2.05) is 0 Å². The van der Waals surface area contributed by atoms with E-state index < -0.39 is 0 Å². The number of likely N-dealkylation sites (tertiary alicyclic amines) is 1. The van der Waals surface area contributed by atoms with E-state index in [0.29, 0.717) is 0 Å². The fourth-order valence-corrected chi connectivity index (χ4v) is 2.69. The van der Waals surface area contributed by atoms with Crippen LogP contribution in [0.1, 0.15) is 32.1 Å². The van der Waals surface area contributed by atoms with Gasteiger partial charge in [0.2, 0.25) is 5.91 Å². The molecule has 17 heavy (non-hydrogen) atoms. The average Bonchev–Trinajstić information content (AvgIpc) is 2.28. The van der Waals surface area contributed by atoms with Crippen molar-refractivity contribution in [3.63, 3.8) is 0 Å². The van der Waals surface area contributed by atoms with Gasteiger partial charge in [0.1, 0.15) is 0 Å². The lowest BCUT2D eigenvalue weighted by molar-refractivity contribution is -0.126.